The Morgan fingerprint density at radius 1 is 1.41 bits per heavy atom. The molecule has 0 spiro atoms. The van der Waals surface area contributed by atoms with E-state index in [1.807, 2.05) is 13.8 Å². The zero-order chi connectivity index (χ0) is 13.5. The molecule has 0 aromatic rings. The van der Waals surface area contributed by atoms with Gasteiger partial charge in [-0.3, -0.25) is 4.79 Å². The van der Waals surface area contributed by atoms with E-state index in [9.17, 15) is 9.90 Å². The highest BCUT2D eigenvalue weighted by Crippen LogP contribution is 2.15. The number of hydrogen-bond acceptors (Lipinski definition) is 3. The van der Waals surface area contributed by atoms with Gasteiger partial charge in [0.25, 0.3) is 0 Å². The van der Waals surface area contributed by atoms with Gasteiger partial charge in [-0.15, -0.1) is 0 Å². The maximum absolute atomic E-state index is 11.2. The predicted octanol–water partition coefficient (Wildman–Crippen LogP) is 2.28. The predicted molar refractivity (Wildman–Crippen MR) is 69.2 cm³/mol. The van der Waals surface area contributed by atoms with Crippen LogP contribution in [0.3, 0.4) is 0 Å². The van der Waals surface area contributed by atoms with Crippen molar-refractivity contribution in [1.29, 1.82) is 0 Å². The molecule has 2 unspecified atom stereocenters. The lowest BCUT2D eigenvalue weighted by Gasteiger charge is -2.28. The van der Waals surface area contributed by atoms with Gasteiger partial charge in [0.2, 0.25) is 0 Å². The van der Waals surface area contributed by atoms with Gasteiger partial charge in [-0.1, -0.05) is 20.8 Å². The van der Waals surface area contributed by atoms with Crippen LogP contribution in [0, 0.1) is 5.92 Å². The smallest absolute Gasteiger partial charge is 0.323 e. The second-order valence-electron chi connectivity index (χ2n) is 5.24. The standard InChI is InChI=1S/C13H27NO3/c1-6-14-13(5,12(15)16)9-11(4)17-8-7-10(2)3/h10-11,14H,6-9H2,1-5H3,(H,15,16). The number of hydrogen-bond donors (Lipinski definition) is 2. The topological polar surface area (TPSA) is 58.6 Å². The van der Waals surface area contributed by atoms with Crippen LogP contribution in [0.15, 0.2) is 0 Å². The summed E-state index contributed by atoms with van der Waals surface area (Å²) in [5, 5.41) is 12.2. The second-order valence-corrected chi connectivity index (χ2v) is 5.24. The summed E-state index contributed by atoms with van der Waals surface area (Å²) in [6, 6.07) is 0. The zero-order valence-corrected chi connectivity index (χ0v) is 11.7. The maximum atomic E-state index is 11.2. The third-order valence-corrected chi connectivity index (χ3v) is 2.83. The summed E-state index contributed by atoms with van der Waals surface area (Å²) in [6.45, 7) is 11.2. The van der Waals surface area contributed by atoms with Crippen LogP contribution >= 0.6 is 0 Å². The molecule has 0 bridgehead atoms. The van der Waals surface area contributed by atoms with E-state index in [1.165, 1.54) is 0 Å². The Labute approximate surface area is 105 Å². The van der Waals surface area contributed by atoms with Gasteiger partial charge < -0.3 is 15.2 Å². The fourth-order valence-corrected chi connectivity index (χ4v) is 1.76. The number of carbonyl (C=O) groups is 1. The van der Waals surface area contributed by atoms with Crippen LogP contribution in [0.2, 0.25) is 0 Å². The van der Waals surface area contributed by atoms with E-state index in [0.717, 1.165) is 6.42 Å². The van der Waals surface area contributed by atoms with Crippen molar-refractivity contribution in [2.45, 2.75) is 59.1 Å². The fraction of sp³-hybridized carbons (Fsp3) is 0.923. The largest absolute Gasteiger partial charge is 0.480 e. The Kier molecular flexibility index (Phi) is 7.39. The first-order valence-corrected chi connectivity index (χ1v) is 6.41. The minimum atomic E-state index is -0.897. The number of rotatable bonds is 9. The van der Waals surface area contributed by atoms with E-state index in [0.29, 0.717) is 25.5 Å². The molecule has 0 aromatic carbocycles. The van der Waals surface area contributed by atoms with Crippen LogP contribution in [0.25, 0.3) is 0 Å². The van der Waals surface area contributed by atoms with Gasteiger partial charge in [-0.2, -0.15) is 0 Å². The van der Waals surface area contributed by atoms with Gasteiger partial charge in [0, 0.05) is 13.0 Å². The van der Waals surface area contributed by atoms with E-state index in [4.69, 9.17) is 4.74 Å². The van der Waals surface area contributed by atoms with E-state index in [2.05, 4.69) is 19.2 Å². The van der Waals surface area contributed by atoms with Crippen LogP contribution in [-0.4, -0.2) is 35.9 Å². The van der Waals surface area contributed by atoms with E-state index >= 15 is 0 Å². The van der Waals surface area contributed by atoms with Crippen LogP contribution in [0.4, 0.5) is 0 Å². The Morgan fingerprint density at radius 2 is 2.00 bits per heavy atom. The Hall–Kier alpha value is -0.610. The SMILES string of the molecule is CCNC(C)(CC(C)OCCC(C)C)C(=O)O. The number of carboxylic acid groups (broad SMARTS) is 1. The molecule has 0 radical (unpaired) electrons. The average Bonchev–Trinajstić information content (AvgIpc) is 2.16. The molecule has 4 heteroatoms. The second kappa shape index (κ2) is 7.67. The molecule has 0 amide bonds. The summed E-state index contributed by atoms with van der Waals surface area (Å²) in [5.74, 6) is -0.208. The molecule has 0 fully saturated rings. The molecular formula is C13H27NO3. The lowest BCUT2D eigenvalue weighted by atomic mass is 9.95. The van der Waals surface area contributed by atoms with E-state index < -0.39 is 11.5 Å². The van der Waals surface area contributed by atoms with Crippen molar-refractivity contribution in [3.8, 4) is 0 Å². The fourth-order valence-electron chi connectivity index (χ4n) is 1.76. The van der Waals surface area contributed by atoms with E-state index in [1.54, 1.807) is 6.92 Å². The van der Waals surface area contributed by atoms with Crippen molar-refractivity contribution in [3.63, 3.8) is 0 Å². The third-order valence-electron chi connectivity index (χ3n) is 2.83. The van der Waals surface area contributed by atoms with Gasteiger partial charge in [-0.05, 0) is 32.7 Å². The zero-order valence-electron chi connectivity index (χ0n) is 11.7. The molecule has 17 heavy (non-hydrogen) atoms. The number of nitrogens with one attached hydrogen (secondary N) is 1. The summed E-state index contributed by atoms with van der Waals surface area (Å²) in [7, 11) is 0. The molecule has 0 aromatic heterocycles. The molecule has 0 heterocycles. The minimum absolute atomic E-state index is 0.0473. The highest BCUT2D eigenvalue weighted by atomic mass is 16.5. The van der Waals surface area contributed by atoms with Crippen LogP contribution in [-0.2, 0) is 9.53 Å². The van der Waals surface area contributed by atoms with Gasteiger partial charge in [0.1, 0.15) is 5.54 Å². The van der Waals surface area contributed by atoms with Crippen LogP contribution in [0.1, 0.15) is 47.5 Å². The number of carboxylic acids is 1. The Balaban J connectivity index is 4.13. The summed E-state index contributed by atoms with van der Waals surface area (Å²) >= 11 is 0. The van der Waals surface area contributed by atoms with Gasteiger partial charge in [-0.25, -0.2) is 0 Å². The highest BCUT2D eigenvalue weighted by Gasteiger charge is 2.33. The summed E-state index contributed by atoms with van der Waals surface area (Å²) in [5.41, 5.74) is -0.897. The number of aliphatic carboxylic acids is 1. The van der Waals surface area contributed by atoms with Crippen molar-refractivity contribution in [2.75, 3.05) is 13.2 Å². The molecule has 0 aliphatic rings. The highest BCUT2D eigenvalue weighted by molar-refractivity contribution is 5.78. The normalized spacial score (nSPS) is 16.8. The van der Waals surface area contributed by atoms with Crippen LogP contribution in [0.5, 0.6) is 0 Å². The quantitative estimate of drug-likeness (QED) is 0.654. The maximum Gasteiger partial charge on any atom is 0.323 e. The van der Waals surface area contributed by atoms with Gasteiger partial charge in [0.15, 0.2) is 0 Å². The molecule has 2 atom stereocenters. The lowest BCUT2D eigenvalue weighted by Crippen LogP contribution is -2.51. The Morgan fingerprint density at radius 3 is 2.41 bits per heavy atom. The summed E-state index contributed by atoms with van der Waals surface area (Å²) in [4.78, 5) is 11.2. The molecular weight excluding hydrogens is 218 g/mol. The summed E-state index contributed by atoms with van der Waals surface area (Å²) in [6.07, 6.45) is 1.44. The first kappa shape index (κ1) is 16.4. The molecule has 102 valence electrons. The molecule has 0 rings (SSSR count). The summed E-state index contributed by atoms with van der Waals surface area (Å²) < 4.78 is 5.64. The van der Waals surface area contributed by atoms with Crippen molar-refractivity contribution >= 4 is 5.97 Å². The molecule has 0 saturated heterocycles. The molecule has 0 saturated carbocycles. The van der Waals surface area contributed by atoms with Crippen molar-refractivity contribution in [2.24, 2.45) is 5.92 Å². The van der Waals surface area contributed by atoms with Gasteiger partial charge >= 0.3 is 5.97 Å². The van der Waals surface area contributed by atoms with Crippen molar-refractivity contribution in [1.82, 2.24) is 5.32 Å². The first-order valence-electron chi connectivity index (χ1n) is 6.41. The van der Waals surface area contributed by atoms with Crippen molar-refractivity contribution < 1.29 is 14.6 Å². The molecule has 4 nitrogen and oxygen atoms in total. The molecule has 2 N–H and O–H groups in total. The van der Waals surface area contributed by atoms with Crippen LogP contribution < -0.4 is 5.32 Å². The average molecular weight is 245 g/mol. The van der Waals surface area contributed by atoms with E-state index in [-0.39, 0.29) is 6.10 Å². The third kappa shape index (κ3) is 6.64. The first-order chi connectivity index (χ1) is 7.81. The monoisotopic (exact) mass is 245 g/mol. The number of ether oxygens (including phenoxy) is 1. The number of likely N-dealkylation sites (N-methyl/N-ethyl adjacent to an activating group) is 1. The minimum Gasteiger partial charge on any atom is -0.480 e. The van der Waals surface area contributed by atoms with Gasteiger partial charge in [0.05, 0.1) is 6.10 Å². The molecule has 0 aliphatic heterocycles. The molecule has 0 aliphatic carbocycles. The lowest BCUT2D eigenvalue weighted by molar-refractivity contribution is -0.145. The van der Waals surface area contributed by atoms with Crippen molar-refractivity contribution in [3.05, 3.63) is 0 Å². The Bertz CT molecular complexity index is 231.